The van der Waals surface area contributed by atoms with Crippen LogP contribution in [0.3, 0.4) is 0 Å². The first-order chi connectivity index (χ1) is 11.6. The van der Waals surface area contributed by atoms with Gasteiger partial charge in [0.05, 0.1) is 0 Å². The van der Waals surface area contributed by atoms with Gasteiger partial charge < -0.3 is 15.5 Å². The Balaban J connectivity index is 1.55. The third kappa shape index (κ3) is 2.57. The minimum Gasteiger partial charge on any atom is -0.368 e. The van der Waals surface area contributed by atoms with Crippen LogP contribution in [0.1, 0.15) is 12.6 Å². The van der Waals surface area contributed by atoms with Gasteiger partial charge in [-0.25, -0.2) is 4.98 Å². The second kappa shape index (κ2) is 5.59. The SMILES string of the molecule is Cc1cc(N2CCN(c3ccc4nncn4n3)[C@@H](C)C2)nc(N)n1. The number of nitrogen functional groups attached to an aromatic ring is 1. The zero-order chi connectivity index (χ0) is 16.7. The molecule has 3 aromatic heterocycles. The Labute approximate surface area is 139 Å². The van der Waals surface area contributed by atoms with Crippen molar-refractivity contribution in [3.05, 3.63) is 30.2 Å². The molecule has 1 fully saturated rings. The first-order valence-electron chi connectivity index (χ1n) is 7.90. The number of hydrogen-bond acceptors (Lipinski definition) is 8. The van der Waals surface area contributed by atoms with Crippen LogP contribution in [-0.2, 0) is 0 Å². The van der Waals surface area contributed by atoms with E-state index in [0.29, 0.717) is 5.95 Å². The van der Waals surface area contributed by atoms with E-state index in [-0.39, 0.29) is 6.04 Å². The molecule has 9 nitrogen and oxygen atoms in total. The Morgan fingerprint density at radius 1 is 1.17 bits per heavy atom. The maximum absolute atomic E-state index is 5.78. The molecule has 1 atom stereocenters. The van der Waals surface area contributed by atoms with Gasteiger partial charge in [-0.2, -0.15) is 9.50 Å². The third-order valence-electron chi connectivity index (χ3n) is 4.25. The maximum Gasteiger partial charge on any atom is 0.222 e. The highest BCUT2D eigenvalue weighted by atomic mass is 15.4. The van der Waals surface area contributed by atoms with E-state index in [1.54, 1.807) is 10.8 Å². The number of anilines is 3. The van der Waals surface area contributed by atoms with Gasteiger partial charge in [-0.15, -0.1) is 15.3 Å². The van der Waals surface area contributed by atoms with Crippen LogP contribution in [0.25, 0.3) is 5.65 Å². The monoisotopic (exact) mass is 325 g/mol. The summed E-state index contributed by atoms with van der Waals surface area (Å²) in [5, 5.41) is 12.5. The van der Waals surface area contributed by atoms with Crippen molar-refractivity contribution in [2.24, 2.45) is 0 Å². The molecule has 0 spiro atoms. The molecular formula is C15H19N9. The van der Waals surface area contributed by atoms with Crippen LogP contribution < -0.4 is 15.5 Å². The summed E-state index contributed by atoms with van der Waals surface area (Å²) in [7, 11) is 0. The molecule has 2 N–H and O–H groups in total. The van der Waals surface area contributed by atoms with E-state index in [9.17, 15) is 0 Å². The van der Waals surface area contributed by atoms with E-state index in [1.807, 2.05) is 25.1 Å². The average molecular weight is 325 g/mol. The molecule has 0 radical (unpaired) electrons. The second-order valence-corrected chi connectivity index (χ2v) is 6.04. The standard InChI is InChI=1S/C15H19N9/c1-10-7-14(19-15(16)18-10)22-5-6-23(11(2)8-22)13-4-3-12-20-17-9-24(12)21-13/h3-4,7,9,11H,5-6,8H2,1-2H3,(H2,16,18,19)/t11-/m0/s1. The van der Waals surface area contributed by atoms with E-state index in [2.05, 4.69) is 42.0 Å². The first kappa shape index (κ1) is 14.6. The Morgan fingerprint density at radius 2 is 2.04 bits per heavy atom. The number of piperazine rings is 1. The van der Waals surface area contributed by atoms with Crippen molar-refractivity contribution in [1.82, 2.24) is 29.8 Å². The predicted octanol–water partition coefficient (Wildman–Crippen LogP) is 0.520. The molecule has 0 saturated carbocycles. The summed E-state index contributed by atoms with van der Waals surface area (Å²) in [6.07, 6.45) is 1.62. The van der Waals surface area contributed by atoms with Crippen LogP contribution in [0.4, 0.5) is 17.6 Å². The Bertz CT molecular complexity index is 854. The minimum absolute atomic E-state index is 0.289. The predicted molar refractivity (Wildman–Crippen MR) is 91.0 cm³/mol. The van der Waals surface area contributed by atoms with Crippen molar-refractivity contribution in [3.8, 4) is 0 Å². The largest absolute Gasteiger partial charge is 0.368 e. The molecule has 0 unspecified atom stereocenters. The fourth-order valence-corrected chi connectivity index (χ4v) is 3.11. The Morgan fingerprint density at radius 3 is 2.83 bits per heavy atom. The fraction of sp³-hybridized carbons (Fsp3) is 0.400. The van der Waals surface area contributed by atoms with Crippen LogP contribution in [0.2, 0.25) is 0 Å². The quantitative estimate of drug-likeness (QED) is 0.727. The number of hydrogen-bond donors (Lipinski definition) is 1. The molecule has 1 saturated heterocycles. The van der Waals surface area contributed by atoms with Crippen molar-refractivity contribution < 1.29 is 0 Å². The highest BCUT2D eigenvalue weighted by Crippen LogP contribution is 2.22. The normalized spacial score (nSPS) is 18.3. The lowest BCUT2D eigenvalue weighted by Crippen LogP contribution is -2.52. The van der Waals surface area contributed by atoms with Gasteiger partial charge >= 0.3 is 0 Å². The molecule has 3 aromatic rings. The molecule has 4 rings (SSSR count). The molecule has 4 heterocycles. The van der Waals surface area contributed by atoms with Gasteiger partial charge in [0.1, 0.15) is 18.0 Å². The average Bonchev–Trinajstić information content (AvgIpc) is 3.01. The van der Waals surface area contributed by atoms with Crippen LogP contribution in [-0.4, -0.2) is 55.5 Å². The first-order valence-corrected chi connectivity index (χ1v) is 7.90. The van der Waals surface area contributed by atoms with E-state index >= 15 is 0 Å². The highest BCUT2D eigenvalue weighted by molar-refractivity contribution is 5.50. The van der Waals surface area contributed by atoms with Crippen molar-refractivity contribution >= 4 is 23.2 Å². The summed E-state index contributed by atoms with van der Waals surface area (Å²) in [4.78, 5) is 13.0. The van der Waals surface area contributed by atoms with E-state index in [0.717, 1.165) is 42.6 Å². The number of rotatable bonds is 2. The molecule has 0 bridgehead atoms. The third-order valence-corrected chi connectivity index (χ3v) is 4.25. The number of fused-ring (bicyclic) bond motifs is 1. The van der Waals surface area contributed by atoms with Crippen molar-refractivity contribution in [3.63, 3.8) is 0 Å². The molecule has 124 valence electrons. The smallest absolute Gasteiger partial charge is 0.222 e. The molecule has 0 aromatic carbocycles. The van der Waals surface area contributed by atoms with Crippen LogP contribution in [0.5, 0.6) is 0 Å². The highest BCUT2D eigenvalue weighted by Gasteiger charge is 2.26. The summed E-state index contributed by atoms with van der Waals surface area (Å²) >= 11 is 0. The van der Waals surface area contributed by atoms with E-state index in [1.165, 1.54) is 0 Å². The van der Waals surface area contributed by atoms with Crippen molar-refractivity contribution in [1.29, 1.82) is 0 Å². The molecule has 0 aliphatic carbocycles. The van der Waals surface area contributed by atoms with E-state index in [4.69, 9.17) is 5.73 Å². The summed E-state index contributed by atoms with van der Waals surface area (Å²) in [5.41, 5.74) is 7.41. The molecule has 24 heavy (non-hydrogen) atoms. The zero-order valence-electron chi connectivity index (χ0n) is 13.7. The van der Waals surface area contributed by atoms with Gasteiger partial charge in [0.2, 0.25) is 5.95 Å². The number of aryl methyl sites for hydroxylation is 1. The maximum atomic E-state index is 5.78. The molecular weight excluding hydrogens is 306 g/mol. The van der Waals surface area contributed by atoms with E-state index < -0.39 is 0 Å². The summed E-state index contributed by atoms with van der Waals surface area (Å²) in [5.74, 6) is 2.13. The zero-order valence-corrected chi connectivity index (χ0v) is 13.7. The number of nitrogens with two attached hydrogens (primary N) is 1. The number of aromatic nitrogens is 6. The fourth-order valence-electron chi connectivity index (χ4n) is 3.11. The van der Waals surface area contributed by atoms with Gasteiger partial charge in [-0.05, 0) is 26.0 Å². The van der Waals surface area contributed by atoms with Crippen molar-refractivity contribution in [2.45, 2.75) is 19.9 Å². The second-order valence-electron chi connectivity index (χ2n) is 6.04. The lowest BCUT2D eigenvalue weighted by Gasteiger charge is -2.41. The molecule has 1 aliphatic heterocycles. The lowest BCUT2D eigenvalue weighted by atomic mass is 10.2. The van der Waals surface area contributed by atoms with Crippen LogP contribution >= 0.6 is 0 Å². The van der Waals surface area contributed by atoms with Crippen LogP contribution in [0.15, 0.2) is 24.5 Å². The Hall–Kier alpha value is -2.97. The minimum atomic E-state index is 0.289. The van der Waals surface area contributed by atoms with Gasteiger partial charge in [0, 0.05) is 37.4 Å². The molecule has 1 aliphatic rings. The van der Waals surface area contributed by atoms with Crippen LogP contribution in [0, 0.1) is 6.92 Å². The number of nitrogens with zero attached hydrogens (tertiary/aromatic N) is 8. The lowest BCUT2D eigenvalue weighted by molar-refractivity contribution is 0.539. The van der Waals surface area contributed by atoms with Gasteiger partial charge in [0.15, 0.2) is 5.65 Å². The topological polar surface area (TPSA) is 101 Å². The molecule has 9 heteroatoms. The van der Waals surface area contributed by atoms with Gasteiger partial charge in [0.25, 0.3) is 0 Å². The summed E-state index contributed by atoms with van der Waals surface area (Å²) in [6, 6.07) is 6.18. The summed E-state index contributed by atoms with van der Waals surface area (Å²) in [6.45, 7) is 6.66. The Kier molecular flexibility index (Phi) is 3.40. The van der Waals surface area contributed by atoms with Gasteiger partial charge in [-0.3, -0.25) is 0 Å². The van der Waals surface area contributed by atoms with Gasteiger partial charge in [-0.1, -0.05) is 0 Å². The van der Waals surface area contributed by atoms with Crippen molar-refractivity contribution in [2.75, 3.05) is 35.2 Å². The molecule has 0 amide bonds. The summed E-state index contributed by atoms with van der Waals surface area (Å²) < 4.78 is 1.70.